The zero-order valence-electron chi connectivity index (χ0n) is 11.8. The minimum absolute atomic E-state index is 0.0873. The number of nitrogens with one attached hydrogen (secondary N) is 1. The number of para-hydroxylation sites is 1. The Labute approximate surface area is 128 Å². The Balaban J connectivity index is 1.92. The van der Waals surface area contributed by atoms with Gasteiger partial charge in [-0.2, -0.15) is 5.26 Å². The molecule has 0 unspecified atom stereocenters. The molecule has 0 saturated carbocycles. The standard InChI is InChI=1S/C18H13N3O/c19-8-9-22-11-12-10-20-18-14-4-1-2-6-15(14)21-16-7-3-5-13(12)17(16)18/h1-7,10,21H,9,11H2. The molecule has 0 atom stereocenters. The molecule has 0 aliphatic carbocycles. The van der Waals surface area contributed by atoms with Crippen LogP contribution in [0.25, 0.3) is 22.0 Å². The highest BCUT2D eigenvalue weighted by Crippen LogP contribution is 2.42. The van der Waals surface area contributed by atoms with E-state index in [9.17, 15) is 0 Å². The first kappa shape index (κ1) is 12.8. The summed E-state index contributed by atoms with van der Waals surface area (Å²) < 4.78 is 5.36. The molecule has 2 heterocycles. The first-order chi connectivity index (χ1) is 10.9. The molecule has 1 aliphatic rings. The van der Waals surface area contributed by atoms with Crippen LogP contribution in [0.15, 0.2) is 48.7 Å². The van der Waals surface area contributed by atoms with Crippen molar-refractivity contribution in [2.75, 3.05) is 11.9 Å². The topological polar surface area (TPSA) is 57.9 Å². The van der Waals surface area contributed by atoms with Crippen LogP contribution < -0.4 is 5.32 Å². The van der Waals surface area contributed by atoms with Gasteiger partial charge in [0, 0.05) is 34.1 Å². The van der Waals surface area contributed by atoms with E-state index in [0.717, 1.165) is 39.0 Å². The Kier molecular flexibility index (Phi) is 2.99. The summed E-state index contributed by atoms with van der Waals surface area (Å²) in [6.45, 7) is 0.479. The molecular weight excluding hydrogens is 274 g/mol. The van der Waals surface area contributed by atoms with Crippen LogP contribution in [0.5, 0.6) is 0 Å². The third-order valence-electron chi connectivity index (χ3n) is 3.87. The number of pyridine rings is 1. The molecule has 4 heteroatoms. The van der Waals surface area contributed by atoms with Crippen LogP contribution >= 0.6 is 0 Å². The third kappa shape index (κ3) is 1.92. The van der Waals surface area contributed by atoms with Gasteiger partial charge >= 0.3 is 0 Å². The highest BCUT2D eigenvalue weighted by Gasteiger charge is 2.19. The number of hydrogen-bond donors (Lipinski definition) is 1. The summed E-state index contributed by atoms with van der Waals surface area (Å²) in [5.74, 6) is 0. The van der Waals surface area contributed by atoms with E-state index >= 15 is 0 Å². The van der Waals surface area contributed by atoms with Crippen molar-refractivity contribution in [1.29, 1.82) is 5.26 Å². The van der Waals surface area contributed by atoms with Crippen molar-refractivity contribution < 1.29 is 4.74 Å². The second-order valence-corrected chi connectivity index (χ2v) is 5.18. The summed E-state index contributed by atoms with van der Waals surface area (Å²) in [6, 6.07) is 16.3. The van der Waals surface area contributed by atoms with Gasteiger partial charge in [0.1, 0.15) is 6.61 Å². The number of hydrogen-bond acceptors (Lipinski definition) is 4. The molecule has 1 aromatic heterocycles. The zero-order valence-corrected chi connectivity index (χ0v) is 11.8. The predicted octanol–water partition coefficient (Wildman–Crippen LogP) is 4.00. The van der Waals surface area contributed by atoms with Crippen LogP contribution in [0.2, 0.25) is 0 Å². The minimum Gasteiger partial charge on any atom is -0.362 e. The van der Waals surface area contributed by atoms with Gasteiger partial charge in [0.2, 0.25) is 0 Å². The Morgan fingerprint density at radius 2 is 1.95 bits per heavy atom. The molecule has 4 nitrogen and oxygen atoms in total. The van der Waals surface area contributed by atoms with E-state index in [-0.39, 0.29) is 6.61 Å². The van der Waals surface area contributed by atoms with Gasteiger partial charge in [-0.3, -0.25) is 4.98 Å². The van der Waals surface area contributed by atoms with E-state index in [0.29, 0.717) is 6.61 Å². The van der Waals surface area contributed by atoms with Crippen LogP contribution in [0.1, 0.15) is 5.56 Å². The van der Waals surface area contributed by atoms with E-state index in [1.165, 1.54) is 0 Å². The molecule has 1 aliphatic heterocycles. The number of fused-ring (bicyclic) bond motifs is 2. The SMILES string of the molecule is N#CCOCc1cnc2c3c(cccc13)Nc1ccccc1-2. The maximum absolute atomic E-state index is 8.60. The second kappa shape index (κ2) is 5.14. The Bertz CT molecular complexity index is 912. The Hall–Kier alpha value is -2.90. The quantitative estimate of drug-likeness (QED) is 0.579. The molecule has 0 spiro atoms. The summed E-state index contributed by atoms with van der Waals surface area (Å²) in [6.07, 6.45) is 1.85. The number of rotatable bonds is 3. The first-order valence-corrected chi connectivity index (χ1v) is 7.10. The Morgan fingerprint density at radius 1 is 1.09 bits per heavy atom. The summed E-state index contributed by atoms with van der Waals surface area (Å²) in [7, 11) is 0. The summed E-state index contributed by atoms with van der Waals surface area (Å²) >= 11 is 0. The van der Waals surface area contributed by atoms with Gasteiger partial charge < -0.3 is 10.1 Å². The maximum atomic E-state index is 8.60. The third-order valence-corrected chi connectivity index (χ3v) is 3.87. The lowest BCUT2D eigenvalue weighted by Crippen LogP contribution is -2.04. The number of benzene rings is 2. The van der Waals surface area contributed by atoms with Crippen molar-refractivity contribution in [1.82, 2.24) is 4.98 Å². The van der Waals surface area contributed by atoms with Crippen LogP contribution in [0.4, 0.5) is 11.4 Å². The molecule has 1 N–H and O–H groups in total. The fourth-order valence-electron chi connectivity index (χ4n) is 2.93. The molecular formula is C18H13N3O. The van der Waals surface area contributed by atoms with Crippen LogP contribution in [-0.4, -0.2) is 11.6 Å². The average Bonchev–Trinajstić information content (AvgIpc) is 2.57. The van der Waals surface area contributed by atoms with E-state index < -0.39 is 0 Å². The van der Waals surface area contributed by atoms with Gasteiger partial charge in [0.05, 0.1) is 18.4 Å². The highest BCUT2D eigenvalue weighted by molar-refractivity contribution is 6.10. The molecule has 2 aromatic carbocycles. The van der Waals surface area contributed by atoms with Gasteiger partial charge in [0.15, 0.2) is 0 Å². The van der Waals surface area contributed by atoms with Crippen molar-refractivity contribution in [3.63, 3.8) is 0 Å². The van der Waals surface area contributed by atoms with Gasteiger partial charge in [-0.25, -0.2) is 0 Å². The van der Waals surface area contributed by atoms with Crippen molar-refractivity contribution >= 4 is 22.1 Å². The molecule has 0 bridgehead atoms. The Morgan fingerprint density at radius 3 is 2.86 bits per heavy atom. The van der Waals surface area contributed by atoms with Crippen molar-refractivity contribution in [3.05, 3.63) is 54.2 Å². The molecule has 4 rings (SSSR count). The molecule has 22 heavy (non-hydrogen) atoms. The lowest BCUT2D eigenvalue weighted by Gasteiger charge is -2.22. The van der Waals surface area contributed by atoms with Gasteiger partial charge in [0.25, 0.3) is 0 Å². The van der Waals surface area contributed by atoms with Crippen LogP contribution in [-0.2, 0) is 11.3 Å². The van der Waals surface area contributed by atoms with E-state index in [1.54, 1.807) is 0 Å². The summed E-state index contributed by atoms with van der Waals surface area (Å²) in [4.78, 5) is 4.65. The largest absolute Gasteiger partial charge is 0.362 e. The smallest absolute Gasteiger partial charge is 0.134 e. The summed E-state index contributed by atoms with van der Waals surface area (Å²) in [5.41, 5.74) is 5.22. The van der Waals surface area contributed by atoms with Crippen molar-refractivity contribution in [3.8, 4) is 17.3 Å². The molecule has 0 saturated heterocycles. The predicted molar refractivity (Wildman–Crippen MR) is 85.7 cm³/mol. The van der Waals surface area contributed by atoms with E-state index in [1.807, 2.05) is 30.5 Å². The highest BCUT2D eigenvalue weighted by atomic mass is 16.5. The van der Waals surface area contributed by atoms with Gasteiger partial charge in [-0.15, -0.1) is 0 Å². The molecule has 0 fully saturated rings. The molecule has 0 radical (unpaired) electrons. The number of anilines is 2. The van der Waals surface area contributed by atoms with E-state index in [2.05, 4.69) is 34.6 Å². The van der Waals surface area contributed by atoms with Crippen LogP contribution in [0.3, 0.4) is 0 Å². The number of aromatic nitrogens is 1. The minimum atomic E-state index is 0.0873. The lowest BCUT2D eigenvalue weighted by molar-refractivity contribution is 0.153. The molecule has 3 aromatic rings. The second-order valence-electron chi connectivity index (χ2n) is 5.18. The number of nitriles is 1. The van der Waals surface area contributed by atoms with Gasteiger partial charge in [-0.1, -0.05) is 30.3 Å². The number of nitrogens with zero attached hydrogens (tertiary/aromatic N) is 2. The number of ether oxygens (including phenoxy) is 1. The molecule has 0 amide bonds. The van der Waals surface area contributed by atoms with E-state index in [4.69, 9.17) is 10.00 Å². The maximum Gasteiger partial charge on any atom is 0.134 e. The fourth-order valence-corrected chi connectivity index (χ4v) is 2.93. The van der Waals surface area contributed by atoms with Gasteiger partial charge in [-0.05, 0) is 17.5 Å². The van der Waals surface area contributed by atoms with Crippen molar-refractivity contribution in [2.24, 2.45) is 0 Å². The average molecular weight is 287 g/mol. The zero-order chi connectivity index (χ0) is 14.9. The monoisotopic (exact) mass is 287 g/mol. The summed E-state index contributed by atoms with van der Waals surface area (Å²) in [5, 5.41) is 14.3. The fraction of sp³-hybridized carbons (Fsp3) is 0.111. The normalized spacial score (nSPS) is 11.6. The van der Waals surface area contributed by atoms with Crippen molar-refractivity contribution in [2.45, 2.75) is 6.61 Å². The van der Waals surface area contributed by atoms with Crippen LogP contribution in [0, 0.1) is 11.3 Å². The lowest BCUT2D eigenvalue weighted by atomic mass is 9.95. The first-order valence-electron chi connectivity index (χ1n) is 7.10. The molecule has 106 valence electrons.